The van der Waals surface area contributed by atoms with Gasteiger partial charge in [0.15, 0.2) is 0 Å². The molecule has 0 aromatic heterocycles. The fraction of sp³-hybridized carbons (Fsp3) is 0.400. The first-order chi connectivity index (χ1) is 6.06. The van der Waals surface area contributed by atoms with Gasteiger partial charge in [-0.05, 0) is 30.5 Å². The lowest BCUT2D eigenvalue weighted by atomic mass is 10.0. The van der Waals surface area contributed by atoms with Crippen LogP contribution in [0.4, 0.5) is 4.39 Å². The van der Waals surface area contributed by atoms with Crippen LogP contribution in [0.1, 0.15) is 22.7 Å². The molecule has 2 nitrogen and oxygen atoms in total. The van der Waals surface area contributed by atoms with Crippen LogP contribution in [-0.4, -0.2) is 11.8 Å². The van der Waals surface area contributed by atoms with Gasteiger partial charge in [-0.3, -0.25) is 0 Å². The van der Waals surface area contributed by atoms with E-state index in [1.54, 1.807) is 26.0 Å². The minimum atomic E-state index is -0.585. The fourth-order valence-corrected chi connectivity index (χ4v) is 1.29. The summed E-state index contributed by atoms with van der Waals surface area (Å²) in [5, 5.41) is 9.45. The van der Waals surface area contributed by atoms with Crippen molar-refractivity contribution in [2.75, 3.05) is 6.67 Å². The van der Waals surface area contributed by atoms with Crippen molar-refractivity contribution in [1.29, 1.82) is 0 Å². The van der Waals surface area contributed by atoms with Crippen LogP contribution in [0.3, 0.4) is 0 Å². The topological polar surface area (TPSA) is 46.2 Å². The van der Waals surface area contributed by atoms with Crippen LogP contribution < -0.4 is 5.73 Å². The van der Waals surface area contributed by atoms with E-state index in [1.807, 2.05) is 0 Å². The highest BCUT2D eigenvalue weighted by Gasteiger charge is 2.09. The number of phenols is 1. The maximum Gasteiger partial charge on any atom is 0.121 e. The van der Waals surface area contributed by atoms with Gasteiger partial charge in [0.25, 0.3) is 0 Å². The van der Waals surface area contributed by atoms with Crippen LogP contribution in [0.25, 0.3) is 0 Å². The highest BCUT2D eigenvalue weighted by atomic mass is 19.1. The van der Waals surface area contributed by atoms with E-state index >= 15 is 0 Å². The van der Waals surface area contributed by atoms with Crippen molar-refractivity contribution in [2.24, 2.45) is 5.73 Å². The van der Waals surface area contributed by atoms with Crippen LogP contribution in [-0.2, 0) is 0 Å². The molecule has 0 unspecified atom stereocenters. The summed E-state index contributed by atoms with van der Waals surface area (Å²) in [4.78, 5) is 0. The second-order valence-corrected chi connectivity index (χ2v) is 3.26. The van der Waals surface area contributed by atoms with Crippen LogP contribution in [0.5, 0.6) is 5.75 Å². The van der Waals surface area contributed by atoms with Gasteiger partial charge in [0.1, 0.15) is 12.4 Å². The molecule has 0 aliphatic heterocycles. The number of alkyl halides is 1. The third-order valence-corrected chi connectivity index (χ3v) is 2.11. The first kappa shape index (κ1) is 9.99. The summed E-state index contributed by atoms with van der Waals surface area (Å²) in [6, 6.07) is 2.84. The van der Waals surface area contributed by atoms with Crippen molar-refractivity contribution in [3.63, 3.8) is 0 Å². The van der Waals surface area contributed by atoms with Crippen molar-refractivity contribution in [3.8, 4) is 5.75 Å². The van der Waals surface area contributed by atoms with E-state index in [0.29, 0.717) is 0 Å². The molecular weight excluding hydrogens is 169 g/mol. The number of hydrogen-bond donors (Lipinski definition) is 2. The van der Waals surface area contributed by atoms with Gasteiger partial charge in [-0.15, -0.1) is 0 Å². The molecule has 0 saturated carbocycles. The standard InChI is InChI=1S/C10H14FNO/c1-6-3-8(9(12)5-11)4-7(2)10(6)13/h3-4,9,13H,5,12H2,1-2H3/t9-/m0/s1. The molecule has 0 amide bonds. The number of hydrogen-bond acceptors (Lipinski definition) is 2. The number of aromatic hydroxyl groups is 1. The van der Waals surface area contributed by atoms with E-state index in [4.69, 9.17) is 5.73 Å². The van der Waals surface area contributed by atoms with Gasteiger partial charge in [-0.1, -0.05) is 12.1 Å². The molecule has 0 aliphatic carbocycles. The monoisotopic (exact) mass is 183 g/mol. The van der Waals surface area contributed by atoms with E-state index in [2.05, 4.69) is 0 Å². The third-order valence-electron chi connectivity index (χ3n) is 2.11. The zero-order valence-corrected chi connectivity index (χ0v) is 7.84. The van der Waals surface area contributed by atoms with Gasteiger partial charge in [-0.25, -0.2) is 4.39 Å². The Balaban J connectivity index is 3.13. The number of aryl methyl sites for hydroxylation is 2. The lowest BCUT2D eigenvalue weighted by Gasteiger charge is -2.11. The molecule has 0 radical (unpaired) electrons. The quantitative estimate of drug-likeness (QED) is 0.736. The zero-order chi connectivity index (χ0) is 10.0. The molecule has 3 N–H and O–H groups in total. The number of halogens is 1. The highest BCUT2D eigenvalue weighted by Crippen LogP contribution is 2.25. The van der Waals surface area contributed by atoms with E-state index in [0.717, 1.165) is 16.7 Å². The Kier molecular flexibility index (Phi) is 2.88. The molecular formula is C10H14FNO. The van der Waals surface area contributed by atoms with Crippen molar-refractivity contribution in [3.05, 3.63) is 28.8 Å². The average Bonchev–Trinajstić information content (AvgIpc) is 2.12. The zero-order valence-electron chi connectivity index (χ0n) is 7.84. The molecule has 1 aromatic rings. The summed E-state index contributed by atoms with van der Waals surface area (Å²) in [5.41, 5.74) is 7.73. The minimum Gasteiger partial charge on any atom is -0.507 e. The average molecular weight is 183 g/mol. The number of phenolic OH excluding ortho intramolecular Hbond substituents is 1. The van der Waals surface area contributed by atoms with Crippen molar-refractivity contribution < 1.29 is 9.50 Å². The van der Waals surface area contributed by atoms with E-state index in [9.17, 15) is 9.50 Å². The smallest absolute Gasteiger partial charge is 0.121 e. The van der Waals surface area contributed by atoms with Crippen LogP contribution in [0.2, 0.25) is 0 Å². The second kappa shape index (κ2) is 3.75. The molecule has 1 rings (SSSR count). The predicted octanol–water partition coefficient (Wildman–Crippen LogP) is 1.98. The lowest BCUT2D eigenvalue weighted by Crippen LogP contribution is -2.12. The summed E-state index contributed by atoms with van der Waals surface area (Å²) in [7, 11) is 0. The molecule has 0 spiro atoms. The van der Waals surface area contributed by atoms with Gasteiger partial charge >= 0.3 is 0 Å². The Morgan fingerprint density at radius 1 is 1.38 bits per heavy atom. The summed E-state index contributed by atoms with van der Waals surface area (Å²) in [6.07, 6.45) is 0. The molecule has 0 aliphatic rings. The summed E-state index contributed by atoms with van der Waals surface area (Å²) < 4.78 is 12.2. The molecule has 72 valence electrons. The van der Waals surface area contributed by atoms with Crippen LogP contribution >= 0.6 is 0 Å². The Morgan fingerprint density at radius 2 is 1.85 bits per heavy atom. The Morgan fingerprint density at radius 3 is 2.23 bits per heavy atom. The first-order valence-electron chi connectivity index (χ1n) is 4.18. The van der Waals surface area contributed by atoms with E-state index in [-0.39, 0.29) is 5.75 Å². The molecule has 0 fully saturated rings. The van der Waals surface area contributed by atoms with Crippen LogP contribution in [0, 0.1) is 13.8 Å². The second-order valence-electron chi connectivity index (χ2n) is 3.26. The molecule has 3 heteroatoms. The Bertz CT molecular complexity index is 289. The largest absolute Gasteiger partial charge is 0.507 e. The van der Waals surface area contributed by atoms with Crippen LogP contribution in [0.15, 0.2) is 12.1 Å². The lowest BCUT2D eigenvalue weighted by molar-refractivity contribution is 0.435. The maximum absolute atomic E-state index is 12.2. The molecule has 1 aromatic carbocycles. The number of nitrogens with two attached hydrogens (primary N) is 1. The predicted molar refractivity (Wildman–Crippen MR) is 50.5 cm³/mol. The van der Waals surface area contributed by atoms with Gasteiger partial charge in [-0.2, -0.15) is 0 Å². The minimum absolute atomic E-state index is 0.259. The van der Waals surface area contributed by atoms with Crippen molar-refractivity contribution in [1.82, 2.24) is 0 Å². The van der Waals surface area contributed by atoms with E-state index in [1.165, 1.54) is 0 Å². The summed E-state index contributed by atoms with van der Waals surface area (Å²) in [6.45, 7) is 2.97. The highest BCUT2D eigenvalue weighted by molar-refractivity contribution is 5.43. The summed E-state index contributed by atoms with van der Waals surface area (Å²) in [5.74, 6) is 0.259. The normalized spacial score (nSPS) is 12.9. The van der Waals surface area contributed by atoms with Gasteiger partial charge in [0.2, 0.25) is 0 Å². The SMILES string of the molecule is Cc1cc([C@@H](N)CF)cc(C)c1O. The molecule has 13 heavy (non-hydrogen) atoms. The fourth-order valence-electron chi connectivity index (χ4n) is 1.29. The van der Waals surface area contributed by atoms with Crippen molar-refractivity contribution in [2.45, 2.75) is 19.9 Å². The Labute approximate surface area is 77.2 Å². The molecule has 1 atom stereocenters. The number of benzene rings is 1. The summed E-state index contributed by atoms with van der Waals surface area (Å²) >= 11 is 0. The van der Waals surface area contributed by atoms with Crippen molar-refractivity contribution >= 4 is 0 Å². The van der Waals surface area contributed by atoms with Gasteiger partial charge in [0.05, 0.1) is 6.04 Å². The van der Waals surface area contributed by atoms with E-state index < -0.39 is 12.7 Å². The number of rotatable bonds is 2. The van der Waals surface area contributed by atoms with Gasteiger partial charge < -0.3 is 10.8 Å². The Hall–Kier alpha value is -1.09. The third kappa shape index (κ3) is 1.98. The molecule has 0 heterocycles. The molecule has 0 saturated heterocycles. The molecule has 0 bridgehead atoms. The first-order valence-corrected chi connectivity index (χ1v) is 4.18. The van der Waals surface area contributed by atoms with Gasteiger partial charge in [0, 0.05) is 0 Å². The maximum atomic E-state index is 12.2.